The van der Waals surface area contributed by atoms with Gasteiger partial charge in [0.05, 0.1) is 12.2 Å². The lowest BCUT2D eigenvalue weighted by molar-refractivity contribution is 0.538. The first-order chi connectivity index (χ1) is 10.2. The minimum Gasteiger partial charge on any atom is -0.441 e. The summed E-state index contributed by atoms with van der Waals surface area (Å²) in [5, 5.41) is 3.35. The normalized spacial score (nSPS) is 11.0. The fourth-order valence-corrected chi connectivity index (χ4v) is 3.12. The minimum absolute atomic E-state index is 0.637. The van der Waals surface area contributed by atoms with Gasteiger partial charge in [0.25, 0.3) is 0 Å². The Labute approximate surface area is 139 Å². The molecule has 4 nitrogen and oxygen atoms in total. The number of benzene rings is 1. The molecule has 2 heterocycles. The van der Waals surface area contributed by atoms with Gasteiger partial charge in [0.1, 0.15) is 5.52 Å². The van der Waals surface area contributed by atoms with Gasteiger partial charge in [0.15, 0.2) is 11.5 Å². The SMILES string of the molecule is CCc1nc2cc(NCc3ncc(Br)cc3Br)ccc2o1. The number of nitrogens with one attached hydrogen (secondary N) is 1. The highest BCUT2D eigenvalue weighted by Crippen LogP contribution is 2.23. The Morgan fingerprint density at radius 3 is 2.86 bits per heavy atom. The highest BCUT2D eigenvalue weighted by molar-refractivity contribution is 9.11. The largest absolute Gasteiger partial charge is 0.441 e. The van der Waals surface area contributed by atoms with Crippen LogP contribution in [0.4, 0.5) is 5.69 Å². The van der Waals surface area contributed by atoms with Crippen molar-refractivity contribution in [1.82, 2.24) is 9.97 Å². The van der Waals surface area contributed by atoms with Crippen molar-refractivity contribution in [2.24, 2.45) is 0 Å². The molecule has 21 heavy (non-hydrogen) atoms. The van der Waals surface area contributed by atoms with Gasteiger partial charge in [-0.15, -0.1) is 0 Å². The van der Waals surface area contributed by atoms with Gasteiger partial charge in [-0.2, -0.15) is 0 Å². The standard InChI is InChI=1S/C15H13Br2N3O/c1-2-15-20-12-6-10(3-4-14(12)21-15)18-8-13-11(17)5-9(16)7-19-13/h3-7,18H,2,8H2,1H3. The maximum absolute atomic E-state index is 5.60. The molecule has 6 heteroatoms. The van der Waals surface area contributed by atoms with Crippen molar-refractivity contribution < 1.29 is 4.42 Å². The smallest absolute Gasteiger partial charge is 0.195 e. The van der Waals surface area contributed by atoms with E-state index in [-0.39, 0.29) is 0 Å². The number of aromatic nitrogens is 2. The molecule has 1 N–H and O–H groups in total. The molecule has 3 rings (SSSR count). The lowest BCUT2D eigenvalue weighted by Crippen LogP contribution is -2.02. The molecule has 0 amide bonds. The summed E-state index contributed by atoms with van der Waals surface area (Å²) in [6, 6.07) is 7.90. The van der Waals surface area contributed by atoms with Crippen molar-refractivity contribution >= 4 is 48.6 Å². The number of aryl methyl sites for hydroxylation is 1. The van der Waals surface area contributed by atoms with Gasteiger partial charge < -0.3 is 9.73 Å². The Hall–Kier alpha value is -1.40. The molecule has 0 fully saturated rings. The molecule has 0 unspecified atom stereocenters. The summed E-state index contributed by atoms with van der Waals surface area (Å²) in [7, 11) is 0. The molecule has 0 saturated carbocycles. The number of fused-ring (bicyclic) bond motifs is 1. The summed E-state index contributed by atoms with van der Waals surface area (Å²) in [5.74, 6) is 0.763. The zero-order valence-corrected chi connectivity index (χ0v) is 14.5. The van der Waals surface area contributed by atoms with Crippen LogP contribution < -0.4 is 5.32 Å². The summed E-state index contributed by atoms with van der Waals surface area (Å²) < 4.78 is 7.53. The van der Waals surface area contributed by atoms with Crippen LogP contribution in [0.25, 0.3) is 11.1 Å². The molecule has 3 aromatic rings. The summed E-state index contributed by atoms with van der Waals surface area (Å²) in [4.78, 5) is 8.82. The van der Waals surface area contributed by atoms with Crippen LogP contribution >= 0.6 is 31.9 Å². The van der Waals surface area contributed by atoms with Crippen LogP contribution in [0.1, 0.15) is 18.5 Å². The number of halogens is 2. The second-order valence-corrected chi connectivity index (χ2v) is 6.35. The molecule has 0 atom stereocenters. The van der Waals surface area contributed by atoms with E-state index in [4.69, 9.17) is 4.42 Å². The second-order valence-electron chi connectivity index (χ2n) is 4.58. The van der Waals surface area contributed by atoms with Crippen LogP contribution in [0, 0.1) is 0 Å². The predicted octanol–water partition coefficient (Wildman–Crippen LogP) is 4.92. The third-order valence-corrected chi connectivity index (χ3v) is 4.20. The van der Waals surface area contributed by atoms with E-state index in [1.54, 1.807) is 6.20 Å². The average Bonchev–Trinajstić information content (AvgIpc) is 2.88. The number of rotatable bonds is 4. The molecule has 0 saturated heterocycles. The zero-order chi connectivity index (χ0) is 14.8. The van der Waals surface area contributed by atoms with E-state index >= 15 is 0 Å². The van der Waals surface area contributed by atoms with Crippen molar-refractivity contribution in [3.8, 4) is 0 Å². The number of anilines is 1. The summed E-state index contributed by atoms with van der Waals surface area (Å²) in [5.41, 5.74) is 3.64. The Morgan fingerprint density at radius 1 is 1.24 bits per heavy atom. The Morgan fingerprint density at radius 2 is 2.10 bits per heavy atom. The van der Waals surface area contributed by atoms with E-state index in [1.165, 1.54) is 0 Å². The average molecular weight is 411 g/mol. The molecular formula is C15H13Br2N3O. The van der Waals surface area contributed by atoms with Crippen LogP contribution in [-0.4, -0.2) is 9.97 Å². The van der Waals surface area contributed by atoms with E-state index in [9.17, 15) is 0 Å². The third-order valence-electron chi connectivity index (χ3n) is 3.08. The second kappa shape index (κ2) is 6.15. The number of hydrogen-bond acceptors (Lipinski definition) is 4. The number of nitrogens with zero attached hydrogens (tertiary/aromatic N) is 2. The van der Waals surface area contributed by atoms with Crippen molar-refractivity contribution in [3.63, 3.8) is 0 Å². The van der Waals surface area contributed by atoms with Crippen LogP contribution in [0.2, 0.25) is 0 Å². The molecule has 2 aromatic heterocycles. The van der Waals surface area contributed by atoms with Crippen LogP contribution in [0.15, 0.2) is 43.8 Å². The lowest BCUT2D eigenvalue weighted by Gasteiger charge is -2.07. The van der Waals surface area contributed by atoms with E-state index in [2.05, 4.69) is 47.1 Å². The van der Waals surface area contributed by atoms with Gasteiger partial charge in [-0.1, -0.05) is 6.92 Å². The fourth-order valence-electron chi connectivity index (χ4n) is 2.00. The molecule has 0 bridgehead atoms. The number of oxazole rings is 1. The molecule has 108 valence electrons. The maximum atomic E-state index is 5.60. The van der Waals surface area contributed by atoms with Crippen LogP contribution in [0.5, 0.6) is 0 Å². The Balaban J connectivity index is 1.78. The molecule has 0 radical (unpaired) electrons. The van der Waals surface area contributed by atoms with Gasteiger partial charge in [-0.3, -0.25) is 4.98 Å². The van der Waals surface area contributed by atoms with Crippen molar-refractivity contribution in [1.29, 1.82) is 0 Å². The highest BCUT2D eigenvalue weighted by Gasteiger charge is 2.06. The van der Waals surface area contributed by atoms with Crippen molar-refractivity contribution in [3.05, 3.63) is 51.0 Å². The van der Waals surface area contributed by atoms with E-state index < -0.39 is 0 Å². The van der Waals surface area contributed by atoms with Gasteiger partial charge in [-0.05, 0) is 56.1 Å². The van der Waals surface area contributed by atoms with E-state index in [0.717, 1.165) is 43.7 Å². The Kier molecular flexibility index (Phi) is 4.26. The van der Waals surface area contributed by atoms with E-state index in [1.807, 2.05) is 31.2 Å². The van der Waals surface area contributed by atoms with Gasteiger partial charge in [0, 0.05) is 27.3 Å². The topological polar surface area (TPSA) is 51.0 Å². The highest BCUT2D eigenvalue weighted by atomic mass is 79.9. The first kappa shape index (κ1) is 14.5. The molecule has 0 spiro atoms. The van der Waals surface area contributed by atoms with Crippen LogP contribution in [-0.2, 0) is 13.0 Å². The van der Waals surface area contributed by atoms with Gasteiger partial charge >= 0.3 is 0 Å². The van der Waals surface area contributed by atoms with Crippen molar-refractivity contribution in [2.75, 3.05) is 5.32 Å². The predicted molar refractivity (Wildman–Crippen MR) is 90.4 cm³/mol. The van der Waals surface area contributed by atoms with Crippen molar-refractivity contribution in [2.45, 2.75) is 19.9 Å². The number of pyridine rings is 1. The van der Waals surface area contributed by atoms with Crippen LogP contribution in [0.3, 0.4) is 0 Å². The first-order valence-corrected chi connectivity index (χ1v) is 8.17. The van der Waals surface area contributed by atoms with E-state index in [0.29, 0.717) is 6.54 Å². The number of hydrogen-bond donors (Lipinski definition) is 1. The van der Waals surface area contributed by atoms with Gasteiger partial charge in [-0.25, -0.2) is 4.98 Å². The molecule has 0 aliphatic rings. The molecule has 1 aromatic carbocycles. The first-order valence-electron chi connectivity index (χ1n) is 6.59. The summed E-state index contributed by atoms with van der Waals surface area (Å²) in [6.45, 7) is 2.67. The Bertz CT molecular complexity index is 786. The zero-order valence-electron chi connectivity index (χ0n) is 11.4. The minimum atomic E-state index is 0.637. The molecule has 0 aliphatic carbocycles. The third kappa shape index (κ3) is 3.27. The quantitative estimate of drug-likeness (QED) is 0.662. The fraction of sp³-hybridized carbons (Fsp3) is 0.200. The summed E-state index contributed by atoms with van der Waals surface area (Å²) in [6.07, 6.45) is 2.59. The monoisotopic (exact) mass is 409 g/mol. The summed E-state index contributed by atoms with van der Waals surface area (Å²) >= 11 is 6.91. The maximum Gasteiger partial charge on any atom is 0.195 e. The molecule has 0 aliphatic heterocycles. The lowest BCUT2D eigenvalue weighted by atomic mass is 10.2. The molecular weight excluding hydrogens is 398 g/mol. The van der Waals surface area contributed by atoms with Gasteiger partial charge in [0.2, 0.25) is 0 Å².